The molecule has 168 valence electrons. The molecule has 33 heavy (non-hydrogen) atoms. The predicted molar refractivity (Wildman–Crippen MR) is 129 cm³/mol. The van der Waals surface area contributed by atoms with Crippen LogP contribution in [0.25, 0.3) is 5.57 Å². The van der Waals surface area contributed by atoms with Crippen molar-refractivity contribution in [1.82, 2.24) is 0 Å². The zero-order valence-electron chi connectivity index (χ0n) is 18.9. The molecule has 0 unspecified atom stereocenters. The van der Waals surface area contributed by atoms with Gasteiger partial charge in [-0.2, -0.15) is 0 Å². The quantitative estimate of drug-likeness (QED) is 0.490. The lowest BCUT2D eigenvalue weighted by atomic mass is 10.0. The van der Waals surface area contributed by atoms with Crippen molar-refractivity contribution in [3.05, 3.63) is 90.1 Å². The van der Waals surface area contributed by atoms with Gasteiger partial charge in [0.15, 0.2) is 0 Å². The van der Waals surface area contributed by atoms with Crippen molar-refractivity contribution in [2.45, 2.75) is 13.8 Å². The molecule has 3 aromatic carbocycles. The number of para-hydroxylation sites is 1. The third kappa shape index (κ3) is 4.75. The molecule has 1 aliphatic heterocycles. The summed E-state index contributed by atoms with van der Waals surface area (Å²) in [5, 5.41) is 3.16. The summed E-state index contributed by atoms with van der Waals surface area (Å²) >= 11 is 0. The largest absolute Gasteiger partial charge is 0.497 e. The molecular weight excluding hydrogens is 416 g/mol. The summed E-state index contributed by atoms with van der Waals surface area (Å²) in [5.41, 5.74) is 2.38. The Labute approximate surface area is 193 Å². The Balaban J connectivity index is 1.71. The number of benzene rings is 3. The number of carbonyl (C=O) groups excluding carboxylic acids is 2. The molecule has 0 aliphatic carbocycles. The van der Waals surface area contributed by atoms with Gasteiger partial charge in [-0.05, 0) is 60.0 Å². The smallest absolute Gasteiger partial charge is 0.282 e. The Bertz CT molecular complexity index is 1170. The predicted octanol–water partition coefficient (Wildman–Crippen LogP) is 5.13. The summed E-state index contributed by atoms with van der Waals surface area (Å²) in [5.74, 6) is 1.04. The van der Waals surface area contributed by atoms with Crippen molar-refractivity contribution in [2.24, 2.45) is 5.92 Å². The standard InChI is InChI=1S/C27H26N2O4/c1-18(2)17-33-23-13-9-19(10-14-23)24-25(28-20-11-15-22(32-3)16-12-20)27(31)29(26(24)30)21-7-5-4-6-8-21/h4-16,18,28H,17H2,1-3H3. The van der Waals surface area contributed by atoms with Gasteiger partial charge in [-0.25, -0.2) is 4.90 Å². The van der Waals surface area contributed by atoms with E-state index in [2.05, 4.69) is 19.2 Å². The van der Waals surface area contributed by atoms with Gasteiger partial charge in [0.25, 0.3) is 11.8 Å². The Morgan fingerprint density at radius 3 is 2.06 bits per heavy atom. The number of amides is 2. The molecule has 1 N–H and O–H groups in total. The molecule has 1 aliphatic rings. The van der Waals surface area contributed by atoms with Gasteiger partial charge in [-0.3, -0.25) is 9.59 Å². The number of methoxy groups -OCH3 is 1. The van der Waals surface area contributed by atoms with Gasteiger partial charge in [-0.1, -0.05) is 44.2 Å². The topological polar surface area (TPSA) is 67.9 Å². The van der Waals surface area contributed by atoms with Gasteiger partial charge in [0, 0.05) is 5.69 Å². The van der Waals surface area contributed by atoms with Crippen LogP contribution in [0.1, 0.15) is 19.4 Å². The van der Waals surface area contributed by atoms with Crippen molar-refractivity contribution >= 4 is 28.8 Å². The second-order valence-electron chi connectivity index (χ2n) is 8.11. The highest BCUT2D eigenvalue weighted by Gasteiger charge is 2.40. The summed E-state index contributed by atoms with van der Waals surface area (Å²) in [6.45, 7) is 4.76. The molecule has 0 aromatic heterocycles. The number of imide groups is 1. The van der Waals surface area contributed by atoms with Gasteiger partial charge in [-0.15, -0.1) is 0 Å². The average molecular weight is 443 g/mol. The lowest BCUT2D eigenvalue weighted by molar-refractivity contribution is -0.120. The molecule has 0 radical (unpaired) electrons. The number of nitrogens with zero attached hydrogens (tertiary/aromatic N) is 1. The van der Waals surface area contributed by atoms with Crippen molar-refractivity contribution in [3.8, 4) is 11.5 Å². The van der Waals surface area contributed by atoms with Gasteiger partial charge < -0.3 is 14.8 Å². The lowest BCUT2D eigenvalue weighted by Crippen LogP contribution is -2.32. The number of ether oxygens (including phenoxy) is 2. The molecule has 0 atom stereocenters. The van der Waals surface area contributed by atoms with E-state index < -0.39 is 5.91 Å². The fraction of sp³-hybridized carbons (Fsp3) is 0.185. The molecule has 6 heteroatoms. The van der Waals surface area contributed by atoms with E-state index in [1.165, 1.54) is 4.90 Å². The fourth-order valence-corrected chi connectivity index (χ4v) is 3.52. The first-order valence-corrected chi connectivity index (χ1v) is 10.8. The second-order valence-corrected chi connectivity index (χ2v) is 8.11. The minimum Gasteiger partial charge on any atom is -0.497 e. The number of hydrogen-bond acceptors (Lipinski definition) is 5. The summed E-state index contributed by atoms with van der Waals surface area (Å²) in [6, 6.07) is 23.4. The number of anilines is 2. The third-order valence-electron chi connectivity index (χ3n) is 5.18. The fourth-order valence-electron chi connectivity index (χ4n) is 3.52. The first kappa shape index (κ1) is 22.1. The summed E-state index contributed by atoms with van der Waals surface area (Å²) < 4.78 is 11.0. The SMILES string of the molecule is COc1ccc(NC2=C(c3ccc(OCC(C)C)cc3)C(=O)N(c3ccccc3)C2=O)cc1. The molecular formula is C27H26N2O4. The van der Waals surface area contributed by atoms with Crippen LogP contribution in [-0.2, 0) is 9.59 Å². The molecule has 4 rings (SSSR count). The van der Waals surface area contributed by atoms with Gasteiger partial charge in [0.05, 0.1) is 25.0 Å². The van der Waals surface area contributed by atoms with Gasteiger partial charge in [0.1, 0.15) is 17.2 Å². The van der Waals surface area contributed by atoms with E-state index in [0.29, 0.717) is 40.8 Å². The Hall–Kier alpha value is -4.06. The van der Waals surface area contributed by atoms with E-state index in [1.54, 1.807) is 67.8 Å². The monoisotopic (exact) mass is 442 g/mol. The van der Waals surface area contributed by atoms with Crippen LogP contribution in [0.15, 0.2) is 84.6 Å². The molecule has 0 fully saturated rings. The molecule has 0 saturated heterocycles. The highest BCUT2D eigenvalue weighted by molar-refractivity contribution is 6.46. The van der Waals surface area contributed by atoms with Crippen molar-refractivity contribution in [2.75, 3.05) is 23.9 Å². The van der Waals surface area contributed by atoms with Crippen molar-refractivity contribution < 1.29 is 19.1 Å². The van der Waals surface area contributed by atoms with E-state index in [1.807, 2.05) is 18.2 Å². The molecule has 6 nitrogen and oxygen atoms in total. The first-order chi connectivity index (χ1) is 16.0. The highest BCUT2D eigenvalue weighted by Crippen LogP contribution is 2.34. The van der Waals surface area contributed by atoms with Crippen LogP contribution in [0.3, 0.4) is 0 Å². The maximum Gasteiger partial charge on any atom is 0.282 e. The van der Waals surface area contributed by atoms with Crippen molar-refractivity contribution in [1.29, 1.82) is 0 Å². The Kier molecular flexibility index (Phi) is 6.45. The van der Waals surface area contributed by atoms with Crippen LogP contribution < -0.4 is 19.7 Å². The minimum atomic E-state index is -0.405. The molecule has 2 amide bonds. The number of nitrogens with one attached hydrogen (secondary N) is 1. The number of hydrogen-bond donors (Lipinski definition) is 1. The maximum atomic E-state index is 13.5. The zero-order valence-corrected chi connectivity index (χ0v) is 18.9. The molecule has 0 spiro atoms. The first-order valence-electron chi connectivity index (χ1n) is 10.8. The Morgan fingerprint density at radius 2 is 1.45 bits per heavy atom. The molecule has 0 saturated carbocycles. The minimum absolute atomic E-state index is 0.227. The maximum absolute atomic E-state index is 13.5. The van der Waals surface area contributed by atoms with Crippen molar-refractivity contribution in [3.63, 3.8) is 0 Å². The third-order valence-corrected chi connectivity index (χ3v) is 5.18. The lowest BCUT2D eigenvalue weighted by Gasteiger charge is -2.15. The van der Waals surface area contributed by atoms with E-state index in [-0.39, 0.29) is 11.6 Å². The molecule has 0 bridgehead atoms. The van der Waals surface area contributed by atoms with Crippen LogP contribution in [0.5, 0.6) is 11.5 Å². The highest BCUT2D eigenvalue weighted by atomic mass is 16.5. The number of carbonyl (C=O) groups is 2. The number of rotatable bonds is 8. The average Bonchev–Trinajstić information content (AvgIpc) is 3.08. The van der Waals surface area contributed by atoms with Crippen LogP contribution in [0.4, 0.5) is 11.4 Å². The zero-order chi connectivity index (χ0) is 23.4. The summed E-state index contributed by atoms with van der Waals surface area (Å²) in [7, 11) is 1.59. The van der Waals surface area contributed by atoms with E-state index >= 15 is 0 Å². The summed E-state index contributed by atoms with van der Waals surface area (Å²) in [6.07, 6.45) is 0. The second kappa shape index (κ2) is 9.61. The van der Waals surface area contributed by atoms with Gasteiger partial charge in [0.2, 0.25) is 0 Å². The van der Waals surface area contributed by atoms with Crippen LogP contribution in [0.2, 0.25) is 0 Å². The Morgan fingerprint density at radius 1 is 0.818 bits per heavy atom. The van der Waals surface area contributed by atoms with E-state index in [0.717, 1.165) is 5.75 Å². The van der Waals surface area contributed by atoms with Crippen LogP contribution in [0, 0.1) is 5.92 Å². The van der Waals surface area contributed by atoms with E-state index in [9.17, 15) is 9.59 Å². The van der Waals surface area contributed by atoms with Crippen LogP contribution in [-0.4, -0.2) is 25.5 Å². The van der Waals surface area contributed by atoms with Gasteiger partial charge >= 0.3 is 0 Å². The summed E-state index contributed by atoms with van der Waals surface area (Å²) in [4.78, 5) is 28.1. The van der Waals surface area contributed by atoms with Crippen LogP contribution >= 0.6 is 0 Å². The van der Waals surface area contributed by atoms with E-state index in [4.69, 9.17) is 9.47 Å². The molecule has 3 aromatic rings. The molecule has 1 heterocycles. The normalized spacial score (nSPS) is 13.6.